The number of nitrogens with one attached hydrogen (secondary N) is 1. The number of fused-ring (bicyclic) bond motifs is 1. The number of carbonyl (C=O) groups excluding carboxylic acids is 1. The van der Waals surface area contributed by atoms with Gasteiger partial charge in [-0.15, -0.1) is 0 Å². The van der Waals surface area contributed by atoms with Gasteiger partial charge in [0.25, 0.3) is 11.6 Å². The van der Waals surface area contributed by atoms with Crippen LogP contribution in [0.25, 0.3) is 11.0 Å². The number of para-hydroxylation sites is 2. The van der Waals surface area contributed by atoms with E-state index in [0.717, 1.165) is 11.0 Å². The molecule has 0 spiro atoms. The van der Waals surface area contributed by atoms with Gasteiger partial charge in [0, 0.05) is 30.8 Å². The van der Waals surface area contributed by atoms with Gasteiger partial charge < -0.3 is 9.30 Å². The highest BCUT2D eigenvalue weighted by Crippen LogP contribution is 2.21. The minimum atomic E-state index is -0.534. The maximum absolute atomic E-state index is 12.5. The van der Waals surface area contributed by atoms with Crippen molar-refractivity contribution in [3.8, 4) is 0 Å². The average molecular weight is 354 g/mol. The van der Waals surface area contributed by atoms with Crippen LogP contribution >= 0.6 is 0 Å². The van der Waals surface area contributed by atoms with Crippen molar-refractivity contribution in [3.05, 3.63) is 64.2 Å². The number of aromatic nitrogens is 2. The van der Waals surface area contributed by atoms with E-state index in [2.05, 4.69) is 10.3 Å². The van der Waals surface area contributed by atoms with E-state index in [-0.39, 0.29) is 11.3 Å². The highest BCUT2D eigenvalue weighted by atomic mass is 16.6. The summed E-state index contributed by atoms with van der Waals surface area (Å²) >= 11 is 0. The molecule has 8 nitrogen and oxygen atoms in total. The molecule has 0 aliphatic heterocycles. The molecule has 8 heteroatoms. The maximum atomic E-state index is 12.5. The average Bonchev–Trinajstić information content (AvgIpc) is 2.99. The topological polar surface area (TPSA) is 99.3 Å². The van der Waals surface area contributed by atoms with Gasteiger partial charge >= 0.3 is 0 Å². The maximum Gasteiger partial charge on any atom is 0.270 e. The van der Waals surface area contributed by atoms with Crippen LogP contribution in [0.15, 0.2) is 48.5 Å². The molecule has 3 rings (SSSR count). The molecule has 0 bridgehead atoms. The Balaban J connectivity index is 1.89. The molecule has 1 N–H and O–H groups in total. The van der Waals surface area contributed by atoms with E-state index in [0.29, 0.717) is 25.7 Å². The van der Waals surface area contributed by atoms with Crippen LogP contribution in [0.3, 0.4) is 0 Å². The number of hydrogen-bond donors (Lipinski definition) is 1. The molecule has 0 aliphatic rings. The van der Waals surface area contributed by atoms with Crippen LogP contribution in [0, 0.1) is 10.1 Å². The number of carbonyl (C=O) groups is 1. The number of hydrogen-bond acceptors (Lipinski definition) is 5. The van der Waals surface area contributed by atoms with Crippen molar-refractivity contribution in [3.63, 3.8) is 0 Å². The molecular formula is C18H18N4O4. The monoisotopic (exact) mass is 354 g/mol. The number of nitrogens with zero attached hydrogens (tertiary/aromatic N) is 3. The smallest absolute Gasteiger partial charge is 0.270 e. The number of imidazole rings is 1. The van der Waals surface area contributed by atoms with Gasteiger partial charge in [-0.25, -0.2) is 4.98 Å². The van der Waals surface area contributed by atoms with E-state index < -0.39 is 10.8 Å². The van der Waals surface area contributed by atoms with Crippen molar-refractivity contribution in [2.45, 2.75) is 13.5 Å². The van der Waals surface area contributed by atoms with Crippen molar-refractivity contribution in [2.24, 2.45) is 0 Å². The molecule has 1 heterocycles. The molecule has 0 aliphatic carbocycles. The summed E-state index contributed by atoms with van der Waals surface area (Å²) in [6, 6.07) is 13.1. The molecule has 3 aromatic rings. The zero-order chi connectivity index (χ0) is 18.5. The molecule has 1 amide bonds. The van der Waals surface area contributed by atoms with Gasteiger partial charge in [0.05, 0.1) is 22.6 Å². The largest absolute Gasteiger partial charge is 0.380 e. The van der Waals surface area contributed by atoms with Gasteiger partial charge in [0.2, 0.25) is 5.95 Å². The van der Waals surface area contributed by atoms with Gasteiger partial charge in [-0.3, -0.25) is 20.2 Å². The van der Waals surface area contributed by atoms with Crippen LogP contribution in [0.2, 0.25) is 0 Å². The third-order valence-corrected chi connectivity index (χ3v) is 3.86. The van der Waals surface area contributed by atoms with Crippen molar-refractivity contribution in [1.29, 1.82) is 0 Å². The van der Waals surface area contributed by atoms with Gasteiger partial charge in [-0.1, -0.05) is 18.2 Å². The summed E-state index contributed by atoms with van der Waals surface area (Å²) in [5, 5.41) is 13.6. The molecule has 0 radical (unpaired) electrons. The molecule has 0 saturated carbocycles. The lowest BCUT2D eigenvalue weighted by Crippen LogP contribution is -2.17. The second kappa shape index (κ2) is 7.75. The third-order valence-electron chi connectivity index (χ3n) is 3.86. The fourth-order valence-corrected chi connectivity index (χ4v) is 2.63. The summed E-state index contributed by atoms with van der Waals surface area (Å²) in [6.45, 7) is 3.52. The lowest BCUT2D eigenvalue weighted by molar-refractivity contribution is -0.384. The summed E-state index contributed by atoms with van der Waals surface area (Å²) in [5.41, 5.74) is 1.69. The molecule has 2 aromatic carbocycles. The van der Waals surface area contributed by atoms with E-state index in [1.807, 2.05) is 35.8 Å². The number of rotatable bonds is 7. The first-order valence-electron chi connectivity index (χ1n) is 8.19. The SMILES string of the molecule is CCOCCn1c(NC(=O)c2cccc([N+](=O)[O-])c2)nc2ccccc21. The van der Waals surface area contributed by atoms with Gasteiger partial charge in [-0.2, -0.15) is 0 Å². The molecule has 0 saturated heterocycles. The molecule has 0 fully saturated rings. The number of anilines is 1. The Morgan fingerprint density at radius 2 is 2.08 bits per heavy atom. The number of ether oxygens (including phenoxy) is 1. The van der Waals surface area contributed by atoms with Gasteiger partial charge in [-0.05, 0) is 25.1 Å². The van der Waals surface area contributed by atoms with E-state index >= 15 is 0 Å². The Hall–Kier alpha value is -3.26. The van der Waals surface area contributed by atoms with Crippen LogP contribution in [-0.4, -0.2) is 33.6 Å². The first kappa shape index (κ1) is 17.6. The van der Waals surface area contributed by atoms with Gasteiger partial charge in [0.1, 0.15) is 0 Å². The summed E-state index contributed by atoms with van der Waals surface area (Å²) in [5.74, 6) is -0.0796. The highest BCUT2D eigenvalue weighted by Gasteiger charge is 2.16. The third kappa shape index (κ3) is 3.70. The van der Waals surface area contributed by atoms with Crippen molar-refractivity contribution < 1.29 is 14.5 Å². The lowest BCUT2D eigenvalue weighted by Gasteiger charge is -2.10. The normalized spacial score (nSPS) is 10.8. The fraction of sp³-hybridized carbons (Fsp3) is 0.222. The molecule has 0 atom stereocenters. The minimum Gasteiger partial charge on any atom is -0.380 e. The second-order valence-corrected chi connectivity index (χ2v) is 5.53. The lowest BCUT2D eigenvalue weighted by atomic mass is 10.2. The summed E-state index contributed by atoms with van der Waals surface area (Å²) in [7, 11) is 0. The molecule has 134 valence electrons. The van der Waals surface area contributed by atoms with Crippen LogP contribution < -0.4 is 5.32 Å². The zero-order valence-electron chi connectivity index (χ0n) is 14.2. The summed E-state index contributed by atoms with van der Waals surface area (Å²) in [4.78, 5) is 27.3. The standard InChI is InChI=1S/C18H18N4O4/c1-2-26-11-10-21-16-9-4-3-8-15(16)19-18(21)20-17(23)13-6-5-7-14(12-13)22(24)25/h3-9,12H,2,10-11H2,1H3,(H,19,20,23). The van der Waals surface area contributed by atoms with Crippen molar-refractivity contribution in [1.82, 2.24) is 9.55 Å². The predicted molar refractivity (Wildman–Crippen MR) is 97.3 cm³/mol. The Labute approximate surface area is 149 Å². The zero-order valence-corrected chi connectivity index (χ0v) is 14.2. The summed E-state index contributed by atoms with van der Waals surface area (Å²) < 4.78 is 7.27. The van der Waals surface area contributed by atoms with Crippen LogP contribution in [0.4, 0.5) is 11.6 Å². The van der Waals surface area contributed by atoms with E-state index in [1.165, 1.54) is 24.3 Å². The first-order valence-corrected chi connectivity index (χ1v) is 8.19. The molecule has 0 unspecified atom stereocenters. The number of non-ortho nitro benzene ring substituents is 1. The minimum absolute atomic E-state index is 0.137. The van der Waals surface area contributed by atoms with Crippen LogP contribution in [0.1, 0.15) is 17.3 Å². The number of amides is 1. The second-order valence-electron chi connectivity index (χ2n) is 5.53. The van der Waals surface area contributed by atoms with Crippen LogP contribution in [0.5, 0.6) is 0 Å². The fourth-order valence-electron chi connectivity index (χ4n) is 2.63. The number of benzene rings is 2. The van der Waals surface area contributed by atoms with E-state index in [9.17, 15) is 14.9 Å². The van der Waals surface area contributed by atoms with Crippen molar-refractivity contribution in [2.75, 3.05) is 18.5 Å². The predicted octanol–water partition coefficient (Wildman–Crippen LogP) is 3.23. The Morgan fingerprint density at radius 3 is 2.85 bits per heavy atom. The number of nitro benzene ring substituents is 1. The Morgan fingerprint density at radius 1 is 1.27 bits per heavy atom. The highest BCUT2D eigenvalue weighted by molar-refractivity contribution is 6.04. The quantitative estimate of drug-likeness (QED) is 0.399. The van der Waals surface area contributed by atoms with Crippen LogP contribution in [-0.2, 0) is 11.3 Å². The van der Waals surface area contributed by atoms with Crippen molar-refractivity contribution >= 4 is 28.6 Å². The Kier molecular flexibility index (Phi) is 5.23. The van der Waals surface area contributed by atoms with E-state index in [1.54, 1.807) is 0 Å². The first-order chi connectivity index (χ1) is 12.6. The molecular weight excluding hydrogens is 336 g/mol. The molecule has 1 aromatic heterocycles. The molecule has 26 heavy (non-hydrogen) atoms. The van der Waals surface area contributed by atoms with E-state index in [4.69, 9.17) is 4.74 Å². The number of nitro groups is 1. The van der Waals surface area contributed by atoms with Gasteiger partial charge in [0.15, 0.2) is 0 Å². The summed E-state index contributed by atoms with van der Waals surface area (Å²) in [6.07, 6.45) is 0. The Bertz CT molecular complexity index is 951.